The molecular formula is C20H28N4O2S2. The molecule has 1 aliphatic rings. The third-order valence-corrected chi connectivity index (χ3v) is 8.54. The fraction of sp³-hybridized carbons (Fsp3) is 0.500. The van der Waals surface area contributed by atoms with Crippen LogP contribution in [-0.2, 0) is 29.2 Å². The van der Waals surface area contributed by atoms with Gasteiger partial charge in [0.1, 0.15) is 0 Å². The SMILES string of the molecule is CN=C(NCc1csc(CCc2ccccc2)n1)N1CCS(=O)(=O)C(C)(C)C1. The fourth-order valence-corrected chi connectivity index (χ4v) is 5.43. The van der Waals surface area contributed by atoms with Crippen LogP contribution in [0.1, 0.15) is 30.1 Å². The average Bonchev–Trinajstić information content (AvgIpc) is 3.12. The van der Waals surface area contributed by atoms with Crippen molar-refractivity contribution in [1.29, 1.82) is 0 Å². The minimum atomic E-state index is -3.06. The lowest BCUT2D eigenvalue weighted by Gasteiger charge is -2.39. The Labute approximate surface area is 171 Å². The second-order valence-electron chi connectivity index (χ2n) is 7.62. The maximum atomic E-state index is 12.2. The van der Waals surface area contributed by atoms with E-state index in [1.165, 1.54) is 5.56 Å². The molecule has 0 unspecified atom stereocenters. The molecule has 152 valence electrons. The van der Waals surface area contributed by atoms with E-state index in [1.807, 2.05) is 11.0 Å². The van der Waals surface area contributed by atoms with Gasteiger partial charge in [-0.05, 0) is 25.8 Å². The lowest BCUT2D eigenvalue weighted by Crippen LogP contribution is -2.57. The average molecular weight is 421 g/mol. The number of nitrogens with one attached hydrogen (secondary N) is 1. The molecule has 2 aromatic rings. The van der Waals surface area contributed by atoms with Gasteiger partial charge in [0.25, 0.3) is 0 Å². The van der Waals surface area contributed by atoms with Gasteiger partial charge in [0.05, 0.1) is 27.7 Å². The molecule has 0 spiro atoms. The summed E-state index contributed by atoms with van der Waals surface area (Å²) in [6.45, 7) is 5.04. The summed E-state index contributed by atoms with van der Waals surface area (Å²) < 4.78 is 23.7. The maximum absolute atomic E-state index is 12.2. The first-order valence-electron chi connectivity index (χ1n) is 9.46. The number of benzene rings is 1. The van der Waals surface area contributed by atoms with Gasteiger partial charge in [0.2, 0.25) is 0 Å². The van der Waals surface area contributed by atoms with Crippen LogP contribution in [0.5, 0.6) is 0 Å². The Balaban J connectivity index is 1.54. The number of thiazole rings is 1. The van der Waals surface area contributed by atoms with Crippen LogP contribution < -0.4 is 5.32 Å². The van der Waals surface area contributed by atoms with Gasteiger partial charge >= 0.3 is 0 Å². The molecule has 28 heavy (non-hydrogen) atoms. The molecule has 3 rings (SSSR count). The minimum Gasteiger partial charge on any atom is -0.351 e. The van der Waals surface area contributed by atoms with Crippen LogP contribution in [-0.4, -0.2) is 54.9 Å². The summed E-state index contributed by atoms with van der Waals surface area (Å²) in [4.78, 5) is 11.1. The standard InChI is InChI=1S/C20H28N4O2S2/c1-20(2)15-24(11-12-28(20,25)26)19(21-3)22-13-17-14-27-18(23-17)10-9-16-7-5-4-6-8-16/h4-8,14H,9-13,15H2,1-3H3,(H,21,22). The van der Waals surface area contributed by atoms with Gasteiger partial charge in [0.15, 0.2) is 15.8 Å². The Bertz CT molecular complexity index is 921. The second kappa shape index (κ2) is 8.61. The molecule has 1 aromatic carbocycles. The summed E-state index contributed by atoms with van der Waals surface area (Å²) in [6.07, 6.45) is 1.92. The molecule has 0 amide bonds. The van der Waals surface area contributed by atoms with E-state index in [4.69, 9.17) is 4.98 Å². The van der Waals surface area contributed by atoms with Crippen LogP contribution >= 0.6 is 11.3 Å². The van der Waals surface area contributed by atoms with E-state index < -0.39 is 14.6 Å². The molecule has 2 heterocycles. The van der Waals surface area contributed by atoms with Gasteiger partial charge in [-0.25, -0.2) is 13.4 Å². The van der Waals surface area contributed by atoms with E-state index in [0.29, 0.717) is 19.6 Å². The molecule has 0 radical (unpaired) electrons. The van der Waals surface area contributed by atoms with Crippen LogP contribution in [0.3, 0.4) is 0 Å². The summed E-state index contributed by atoms with van der Waals surface area (Å²) in [5.74, 6) is 0.878. The number of aryl methyl sites for hydroxylation is 2. The quantitative estimate of drug-likeness (QED) is 0.594. The number of hydrogen-bond acceptors (Lipinski definition) is 5. The van der Waals surface area contributed by atoms with Crippen LogP contribution in [0, 0.1) is 0 Å². The van der Waals surface area contributed by atoms with Gasteiger partial charge in [-0.15, -0.1) is 11.3 Å². The van der Waals surface area contributed by atoms with Crippen molar-refractivity contribution in [3.63, 3.8) is 0 Å². The highest BCUT2D eigenvalue weighted by Gasteiger charge is 2.40. The second-order valence-corrected chi connectivity index (χ2v) is 11.3. The third kappa shape index (κ3) is 4.91. The predicted molar refractivity (Wildman–Crippen MR) is 116 cm³/mol. The summed E-state index contributed by atoms with van der Waals surface area (Å²) in [5, 5.41) is 6.53. The molecule has 8 heteroatoms. The van der Waals surface area contributed by atoms with E-state index in [1.54, 1.807) is 32.2 Å². The topological polar surface area (TPSA) is 74.7 Å². The van der Waals surface area contributed by atoms with Gasteiger partial charge in [0, 0.05) is 31.9 Å². The molecule has 0 bridgehead atoms. The maximum Gasteiger partial charge on any atom is 0.194 e. The highest BCUT2D eigenvalue weighted by atomic mass is 32.2. The summed E-state index contributed by atoms with van der Waals surface area (Å²) >= 11 is 1.68. The molecule has 1 aromatic heterocycles. The summed E-state index contributed by atoms with van der Waals surface area (Å²) in [7, 11) is -1.34. The first kappa shape index (κ1) is 20.8. The van der Waals surface area contributed by atoms with Crippen LogP contribution in [0.4, 0.5) is 0 Å². The minimum absolute atomic E-state index is 0.154. The summed E-state index contributed by atoms with van der Waals surface area (Å²) in [6, 6.07) is 10.4. The van der Waals surface area contributed by atoms with Crippen molar-refractivity contribution < 1.29 is 8.42 Å². The van der Waals surface area contributed by atoms with E-state index in [9.17, 15) is 8.42 Å². The van der Waals surface area contributed by atoms with Gasteiger partial charge in [-0.2, -0.15) is 0 Å². The fourth-order valence-electron chi connectivity index (χ4n) is 3.27. The molecule has 0 atom stereocenters. The first-order valence-corrected chi connectivity index (χ1v) is 12.0. The molecule has 0 aliphatic carbocycles. The molecule has 1 fully saturated rings. The van der Waals surface area contributed by atoms with E-state index in [-0.39, 0.29) is 5.75 Å². The van der Waals surface area contributed by atoms with E-state index in [0.717, 1.165) is 29.5 Å². The Morgan fingerprint density at radius 3 is 2.71 bits per heavy atom. The third-order valence-electron chi connectivity index (χ3n) is 5.05. The van der Waals surface area contributed by atoms with E-state index >= 15 is 0 Å². The van der Waals surface area contributed by atoms with Crippen molar-refractivity contribution in [1.82, 2.24) is 15.2 Å². The summed E-state index contributed by atoms with van der Waals surface area (Å²) in [5.41, 5.74) is 2.30. The number of rotatable bonds is 5. The van der Waals surface area contributed by atoms with Gasteiger partial charge < -0.3 is 10.2 Å². The number of sulfone groups is 1. The van der Waals surface area contributed by atoms with Gasteiger partial charge in [-0.3, -0.25) is 4.99 Å². The molecule has 1 saturated heterocycles. The Morgan fingerprint density at radius 1 is 1.29 bits per heavy atom. The van der Waals surface area contributed by atoms with Crippen LogP contribution in [0.15, 0.2) is 40.7 Å². The Kier molecular flexibility index (Phi) is 6.40. The lowest BCUT2D eigenvalue weighted by molar-refractivity contribution is 0.353. The molecular weight excluding hydrogens is 392 g/mol. The molecule has 0 saturated carbocycles. The lowest BCUT2D eigenvalue weighted by atomic mass is 10.1. The van der Waals surface area contributed by atoms with E-state index in [2.05, 4.69) is 40.0 Å². The normalized spacial score (nSPS) is 18.8. The zero-order valence-corrected chi connectivity index (χ0v) is 18.3. The highest BCUT2D eigenvalue weighted by Crippen LogP contribution is 2.23. The van der Waals surface area contributed by atoms with Gasteiger partial charge in [-0.1, -0.05) is 30.3 Å². The largest absolute Gasteiger partial charge is 0.351 e. The van der Waals surface area contributed by atoms with Crippen molar-refractivity contribution in [3.8, 4) is 0 Å². The smallest absolute Gasteiger partial charge is 0.194 e. The number of hydrogen-bond donors (Lipinski definition) is 1. The first-order chi connectivity index (χ1) is 13.3. The predicted octanol–water partition coefficient (Wildman–Crippen LogP) is 2.51. The van der Waals surface area contributed by atoms with Crippen LogP contribution in [0.25, 0.3) is 0 Å². The zero-order chi connectivity index (χ0) is 20.2. The van der Waals surface area contributed by atoms with Crippen molar-refractivity contribution in [2.24, 2.45) is 4.99 Å². The zero-order valence-electron chi connectivity index (χ0n) is 16.7. The molecule has 6 nitrogen and oxygen atoms in total. The number of guanidine groups is 1. The molecule has 1 N–H and O–H groups in total. The van der Waals surface area contributed by atoms with Crippen molar-refractivity contribution in [2.75, 3.05) is 25.9 Å². The monoisotopic (exact) mass is 420 g/mol. The number of nitrogens with zero attached hydrogens (tertiary/aromatic N) is 3. The highest BCUT2D eigenvalue weighted by molar-refractivity contribution is 7.92. The van der Waals surface area contributed by atoms with Crippen molar-refractivity contribution in [2.45, 2.75) is 38.0 Å². The van der Waals surface area contributed by atoms with Crippen LogP contribution in [0.2, 0.25) is 0 Å². The number of aromatic nitrogens is 1. The molecule has 1 aliphatic heterocycles. The van der Waals surface area contributed by atoms with Crippen molar-refractivity contribution in [3.05, 3.63) is 52.0 Å². The Morgan fingerprint density at radius 2 is 2.04 bits per heavy atom. The Hall–Kier alpha value is -1.93. The number of aliphatic imine (C=N–C) groups is 1. The van der Waals surface area contributed by atoms with Crippen molar-refractivity contribution >= 4 is 27.1 Å².